The van der Waals surface area contributed by atoms with Gasteiger partial charge in [0, 0.05) is 11.0 Å². The molecule has 1 atom stereocenters. The lowest BCUT2D eigenvalue weighted by atomic mass is 10.1. The Morgan fingerprint density at radius 1 is 1.50 bits per heavy atom. The second-order valence-corrected chi connectivity index (χ2v) is 5.58. The Balaban J connectivity index is 1.84. The van der Waals surface area contributed by atoms with E-state index in [-0.39, 0.29) is 0 Å². The van der Waals surface area contributed by atoms with Gasteiger partial charge in [-0.25, -0.2) is 0 Å². The van der Waals surface area contributed by atoms with Crippen LogP contribution >= 0.6 is 21.6 Å². The first-order valence-electron chi connectivity index (χ1n) is 4.27. The summed E-state index contributed by atoms with van der Waals surface area (Å²) in [5.74, 6) is 1.31. The maximum absolute atomic E-state index is 9.79. The molecule has 0 aromatic heterocycles. The van der Waals surface area contributed by atoms with Crippen molar-refractivity contribution in [3.63, 3.8) is 0 Å². The van der Waals surface area contributed by atoms with Crippen LogP contribution in [0.1, 0.15) is 25.7 Å². The van der Waals surface area contributed by atoms with E-state index in [2.05, 4.69) is 4.74 Å². The number of unbranched alkanes of at least 4 members (excludes halogenated alkanes) is 1. The Labute approximate surface area is 81.2 Å². The Hall–Kier alpha value is 0.170. The monoisotopic (exact) mass is 206 g/mol. The average molecular weight is 206 g/mol. The van der Waals surface area contributed by atoms with Gasteiger partial charge in [-0.1, -0.05) is 21.6 Å². The molecule has 0 spiro atoms. The molecule has 1 saturated heterocycles. The van der Waals surface area contributed by atoms with E-state index >= 15 is 0 Å². The first kappa shape index (κ1) is 10.3. The smallest absolute Gasteiger partial charge is 0.293 e. The molecule has 0 bridgehead atoms. The SMILES string of the molecule is O=COCCCCC1CCSS1. The van der Waals surface area contributed by atoms with Crippen LogP contribution in [-0.2, 0) is 9.53 Å². The van der Waals surface area contributed by atoms with Gasteiger partial charge in [-0.05, 0) is 25.7 Å². The molecule has 0 aliphatic carbocycles. The third kappa shape index (κ3) is 4.26. The van der Waals surface area contributed by atoms with Crippen molar-refractivity contribution < 1.29 is 9.53 Å². The van der Waals surface area contributed by atoms with Gasteiger partial charge < -0.3 is 4.74 Å². The number of carbonyl (C=O) groups excluding carboxylic acids is 1. The van der Waals surface area contributed by atoms with Crippen molar-refractivity contribution in [1.82, 2.24) is 0 Å². The van der Waals surface area contributed by atoms with Gasteiger partial charge in [0.1, 0.15) is 0 Å². The highest BCUT2D eigenvalue weighted by atomic mass is 33.1. The van der Waals surface area contributed by atoms with Crippen LogP contribution in [0, 0.1) is 0 Å². The minimum Gasteiger partial charge on any atom is -0.468 e. The zero-order valence-corrected chi connectivity index (χ0v) is 8.66. The summed E-state index contributed by atoms with van der Waals surface area (Å²) in [5.41, 5.74) is 0. The third-order valence-corrected chi connectivity index (χ3v) is 4.84. The summed E-state index contributed by atoms with van der Waals surface area (Å²) in [6.45, 7) is 1.12. The van der Waals surface area contributed by atoms with E-state index in [1.54, 1.807) is 0 Å². The van der Waals surface area contributed by atoms with Gasteiger partial charge in [0.25, 0.3) is 6.47 Å². The van der Waals surface area contributed by atoms with Crippen molar-refractivity contribution in [3.05, 3.63) is 0 Å². The maximum atomic E-state index is 9.79. The summed E-state index contributed by atoms with van der Waals surface area (Å²) in [5, 5.41) is 0.853. The highest BCUT2D eigenvalue weighted by molar-refractivity contribution is 8.77. The summed E-state index contributed by atoms with van der Waals surface area (Å²) < 4.78 is 4.61. The van der Waals surface area contributed by atoms with Gasteiger partial charge in [0.2, 0.25) is 0 Å². The van der Waals surface area contributed by atoms with E-state index in [0.29, 0.717) is 13.1 Å². The largest absolute Gasteiger partial charge is 0.468 e. The van der Waals surface area contributed by atoms with E-state index in [9.17, 15) is 4.79 Å². The molecular formula is C8H14O2S2. The normalized spacial score (nSPS) is 22.5. The first-order chi connectivity index (χ1) is 5.93. The zero-order chi connectivity index (χ0) is 8.65. The lowest BCUT2D eigenvalue weighted by molar-refractivity contribution is -0.128. The topological polar surface area (TPSA) is 26.3 Å². The van der Waals surface area contributed by atoms with Crippen LogP contribution < -0.4 is 0 Å². The van der Waals surface area contributed by atoms with Crippen molar-refractivity contribution in [3.8, 4) is 0 Å². The van der Waals surface area contributed by atoms with Gasteiger partial charge in [0.05, 0.1) is 6.61 Å². The first-order valence-corrected chi connectivity index (χ1v) is 6.65. The summed E-state index contributed by atoms with van der Waals surface area (Å²) in [6, 6.07) is 0. The molecule has 0 radical (unpaired) electrons. The number of hydrogen-bond acceptors (Lipinski definition) is 4. The molecule has 4 heteroatoms. The van der Waals surface area contributed by atoms with Gasteiger partial charge in [-0.2, -0.15) is 0 Å². The minimum atomic E-state index is 0.528. The number of ether oxygens (including phenoxy) is 1. The Bertz CT molecular complexity index is 124. The molecule has 70 valence electrons. The fourth-order valence-corrected chi connectivity index (χ4v) is 4.20. The maximum Gasteiger partial charge on any atom is 0.293 e. The van der Waals surface area contributed by atoms with Crippen molar-refractivity contribution in [2.75, 3.05) is 12.4 Å². The standard InChI is InChI=1S/C8H14O2S2/c9-7-10-5-2-1-3-8-4-6-11-12-8/h7-8H,1-6H2. The summed E-state index contributed by atoms with van der Waals surface area (Å²) in [6.07, 6.45) is 4.83. The predicted octanol–water partition coefficient (Wildman–Crippen LogP) is 2.48. The lowest BCUT2D eigenvalue weighted by Crippen LogP contribution is -1.99. The molecular weight excluding hydrogens is 192 g/mol. The molecule has 1 unspecified atom stereocenters. The highest BCUT2D eigenvalue weighted by Crippen LogP contribution is 2.39. The van der Waals surface area contributed by atoms with E-state index in [1.807, 2.05) is 21.6 Å². The third-order valence-electron chi connectivity index (χ3n) is 1.83. The average Bonchev–Trinajstić information content (AvgIpc) is 2.57. The summed E-state index contributed by atoms with van der Waals surface area (Å²) in [4.78, 5) is 9.79. The van der Waals surface area contributed by atoms with Crippen molar-refractivity contribution in [2.45, 2.75) is 30.9 Å². The lowest BCUT2D eigenvalue weighted by Gasteiger charge is -2.05. The van der Waals surface area contributed by atoms with Crippen molar-refractivity contribution >= 4 is 28.1 Å². The molecule has 0 N–H and O–H groups in total. The molecule has 2 nitrogen and oxygen atoms in total. The van der Waals surface area contributed by atoms with E-state index in [0.717, 1.165) is 11.7 Å². The number of rotatable bonds is 6. The molecule has 12 heavy (non-hydrogen) atoms. The summed E-state index contributed by atoms with van der Waals surface area (Å²) >= 11 is 0. The van der Waals surface area contributed by atoms with E-state index in [1.165, 1.54) is 25.0 Å². The van der Waals surface area contributed by atoms with Gasteiger partial charge >= 0.3 is 0 Å². The van der Waals surface area contributed by atoms with Gasteiger partial charge in [-0.3, -0.25) is 4.79 Å². The molecule has 0 saturated carbocycles. The molecule has 1 fully saturated rings. The molecule has 1 aliphatic rings. The van der Waals surface area contributed by atoms with Crippen LogP contribution in [0.25, 0.3) is 0 Å². The van der Waals surface area contributed by atoms with E-state index < -0.39 is 0 Å². The Morgan fingerprint density at radius 3 is 3.08 bits per heavy atom. The minimum absolute atomic E-state index is 0.528. The predicted molar refractivity (Wildman–Crippen MR) is 54.3 cm³/mol. The van der Waals surface area contributed by atoms with Crippen LogP contribution in [-0.4, -0.2) is 24.1 Å². The van der Waals surface area contributed by atoms with Crippen LogP contribution in [0.4, 0.5) is 0 Å². The van der Waals surface area contributed by atoms with Gasteiger partial charge in [-0.15, -0.1) is 0 Å². The molecule has 0 amide bonds. The van der Waals surface area contributed by atoms with Crippen molar-refractivity contribution in [2.24, 2.45) is 0 Å². The highest BCUT2D eigenvalue weighted by Gasteiger charge is 2.15. The molecule has 1 aliphatic heterocycles. The Kier molecular flexibility index (Phi) is 5.69. The second-order valence-electron chi connectivity index (χ2n) is 2.79. The Morgan fingerprint density at radius 2 is 2.42 bits per heavy atom. The molecule has 0 aromatic rings. The van der Waals surface area contributed by atoms with Crippen LogP contribution in [0.3, 0.4) is 0 Å². The number of hydrogen-bond donors (Lipinski definition) is 0. The van der Waals surface area contributed by atoms with Crippen LogP contribution in [0.5, 0.6) is 0 Å². The molecule has 0 aromatic carbocycles. The zero-order valence-electron chi connectivity index (χ0n) is 7.03. The second kappa shape index (κ2) is 6.66. The molecule has 1 heterocycles. The fourth-order valence-electron chi connectivity index (χ4n) is 1.17. The quantitative estimate of drug-likeness (QED) is 0.379. The van der Waals surface area contributed by atoms with Crippen molar-refractivity contribution in [1.29, 1.82) is 0 Å². The van der Waals surface area contributed by atoms with Crippen LogP contribution in [0.15, 0.2) is 0 Å². The fraction of sp³-hybridized carbons (Fsp3) is 0.875. The van der Waals surface area contributed by atoms with Crippen LogP contribution in [0.2, 0.25) is 0 Å². The summed E-state index contributed by atoms with van der Waals surface area (Å²) in [7, 11) is 3.99. The molecule has 1 rings (SSSR count). The van der Waals surface area contributed by atoms with E-state index in [4.69, 9.17) is 0 Å². The number of carbonyl (C=O) groups is 1. The van der Waals surface area contributed by atoms with Gasteiger partial charge in [0.15, 0.2) is 0 Å².